The molecule has 0 spiro atoms. The van der Waals surface area contributed by atoms with Crippen molar-refractivity contribution in [2.24, 2.45) is 0 Å². The lowest BCUT2D eigenvalue weighted by molar-refractivity contribution is 0.394. The highest BCUT2D eigenvalue weighted by atomic mass is 15.3. The molecule has 0 aliphatic carbocycles. The lowest BCUT2D eigenvalue weighted by Gasteiger charge is -2.10. The van der Waals surface area contributed by atoms with Crippen molar-refractivity contribution in [1.29, 1.82) is 0 Å². The second-order valence-corrected chi connectivity index (χ2v) is 4.95. The Labute approximate surface area is 115 Å². The number of nitrogens with zero attached hydrogens (tertiary/aromatic N) is 3. The zero-order chi connectivity index (χ0) is 13.5. The third kappa shape index (κ3) is 4.50. The van der Waals surface area contributed by atoms with Crippen molar-refractivity contribution in [2.75, 3.05) is 27.2 Å². The molecular formula is C15H22N4. The summed E-state index contributed by atoms with van der Waals surface area (Å²) in [7, 11) is 4.21. The molecule has 1 heterocycles. The molecular weight excluding hydrogens is 236 g/mol. The molecule has 1 aromatic heterocycles. The Morgan fingerprint density at radius 2 is 2.00 bits per heavy atom. The molecule has 0 unspecified atom stereocenters. The van der Waals surface area contributed by atoms with Crippen LogP contribution in [0.3, 0.4) is 0 Å². The van der Waals surface area contributed by atoms with Crippen molar-refractivity contribution in [3.05, 3.63) is 48.3 Å². The van der Waals surface area contributed by atoms with Crippen LogP contribution in [-0.4, -0.2) is 41.9 Å². The Morgan fingerprint density at radius 1 is 1.21 bits per heavy atom. The molecule has 0 atom stereocenters. The van der Waals surface area contributed by atoms with Gasteiger partial charge in [0.25, 0.3) is 0 Å². The molecule has 2 rings (SSSR count). The SMILES string of the molecule is CN(C)CCCNCc1ccc(-n2cccn2)cc1. The third-order valence-electron chi connectivity index (χ3n) is 2.99. The van der Waals surface area contributed by atoms with Gasteiger partial charge in [0, 0.05) is 18.9 Å². The van der Waals surface area contributed by atoms with E-state index in [1.807, 2.05) is 16.9 Å². The molecule has 0 saturated carbocycles. The maximum atomic E-state index is 4.22. The molecule has 19 heavy (non-hydrogen) atoms. The van der Waals surface area contributed by atoms with E-state index in [9.17, 15) is 0 Å². The van der Waals surface area contributed by atoms with Crippen molar-refractivity contribution < 1.29 is 0 Å². The van der Waals surface area contributed by atoms with Gasteiger partial charge >= 0.3 is 0 Å². The van der Waals surface area contributed by atoms with Crippen LogP contribution in [-0.2, 0) is 6.54 Å². The first-order chi connectivity index (χ1) is 9.25. The van der Waals surface area contributed by atoms with Crippen LogP contribution < -0.4 is 5.32 Å². The molecule has 0 bridgehead atoms. The van der Waals surface area contributed by atoms with Gasteiger partial charge in [-0.05, 0) is 57.4 Å². The quantitative estimate of drug-likeness (QED) is 0.770. The molecule has 2 aromatic rings. The van der Waals surface area contributed by atoms with Crippen LogP contribution in [0.2, 0.25) is 0 Å². The fraction of sp³-hybridized carbons (Fsp3) is 0.400. The van der Waals surface area contributed by atoms with Crippen LogP contribution in [0, 0.1) is 0 Å². The summed E-state index contributed by atoms with van der Waals surface area (Å²) in [4.78, 5) is 2.21. The molecule has 0 aliphatic rings. The van der Waals surface area contributed by atoms with E-state index in [1.54, 1.807) is 6.20 Å². The molecule has 102 valence electrons. The largest absolute Gasteiger partial charge is 0.313 e. The van der Waals surface area contributed by atoms with Gasteiger partial charge in [0.1, 0.15) is 0 Å². The lowest BCUT2D eigenvalue weighted by atomic mass is 10.2. The lowest BCUT2D eigenvalue weighted by Crippen LogP contribution is -2.20. The number of aromatic nitrogens is 2. The monoisotopic (exact) mass is 258 g/mol. The molecule has 0 fully saturated rings. The standard InChI is InChI=1S/C15H22N4/c1-18(2)11-3-9-16-13-14-5-7-15(8-6-14)19-12-4-10-17-19/h4-8,10,12,16H,3,9,11,13H2,1-2H3. The van der Waals surface area contributed by atoms with Crippen LogP contribution in [0.4, 0.5) is 0 Å². The topological polar surface area (TPSA) is 33.1 Å². The van der Waals surface area contributed by atoms with Crippen molar-refractivity contribution in [1.82, 2.24) is 20.0 Å². The van der Waals surface area contributed by atoms with E-state index >= 15 is 0 Å². The van der Waals surface area contributed by atoms with E-state index in [1.165, 1.54) is 12.0 Å². The average Bonchev–Trinajstić information content (AvgIpc) is 2.93. The first-order valence-corrected chi connectivity index (χ1v) is 6.70. The molecule has 0 saturated heterocycles. The summed E-state index contributed by atoms with van der Waals surface area (Å²) in [6.45, 7) is 3.11. The van der Waals surface area contributed by atoms with Gasteiger partial charge in [-0.25, -0.2) is 4.68 Å². The Morgan fingerprint density at radius 3 is 2.63 bits per heavy atom. The summed E-state index contributed by atoms with van der Waals surface area (Å²) in [6.07, 6.45) is 4.92. The van der Waals surface area contributed by atoms with Crippen LogP contribution >= 0.6 is 0 Å². The Balaban J connectivity index is 1.76. The highest BCUT2D eigenvalue weighted by Crippen LogP contribution is 2.08. The van der Waals surface area contributed by atoms with E-state index in [0.717, 1.165) is 25.3 Å². The van der Waals surface area contributed by atoms with Gasteiger partial charge in [0.2, 0.25) is 0 Å². The Hall–Kier alpha value is -1.65. The second-order valence-electron chi connectivity index (χ2n) is 4.95. The maximum absolute atomic E-state index is 4.22. The average molecular weight is 258 g/mol. The number of nitrogens with one attached hydrogen (secondary N) is 1. The highest BCUT2D eigenvalue weighted by Gasteiger charge is 1.97. The predicted molar refractivity (Wildman–Crippen MR) is 78.4 cm³/mol. The van der Waals surface area contributed by atoms with Gasteiger partial charge in [-0.3, -0.25) is 0 Å². The zero-order valence-electron chi connectivity index (χ0n) is 11.7. The maximum Gasteiger partial charge on any atom is 0.0645 e. The van der Waals surface area contributed by atoms with Crippen LogP contribution in [0.5, 0.6) is 0 Å². The van der Waals surface area contributed by atoms with E-state index in [0.29, 0.717) is 0 Å². The van der Waals surface area contributed by atoms with Crippen molar-refractivity contribution >= 4 is 0 Å². The first kappa shape index (κ1) is 13.8. The number of hydrogen-bond donors (Lipinski definition) is 1. The van der Waals surface area contributed by atoms with Gasteiger partial charge in [-0.15, -0.1) is 0 Å². The Bertz CT molecular complexity index is 459. The van der Waals surface area contributed by atoms with Gasteiger partial charge in [0.05, 0.1) is 5.69 Å². The number of benzene rings is 1. The second kappa shape index (κ2) is 7.07. The van der Waals surface area contributed by atoms with Crippen molar-refractivity contribution in [2.45, 2.75) is 13.0 Å². The van der Waals surface area contributed by atoms with E-state index in [-0.39, 0.29) is 0 Å². The van der Waals surface area contributed by atoms with Crippen molar-refractivity contribution in [3.63, 3.8) is 0 Å². The predicted octanol–water partition coefficient (Wildman–Crippen LogP) is 1.91. The van der Waals surface area contributed by atoms with Gasteiger partial charge in [-0.2, -0.15) is 5.10 Å². The van der Waals surface area contributed by atoms with Gasteiger partial charge in [0.15, 0.2) is 0 Å². The van der Waals surface area contributed by atoms with Crippen LogP contribution in [0.1, 0.15) is 12.0 Å². The van der Waals surface area contributed by atoms with Crippen molar-refractivity contribution in [3.8, 4) is 5.69 Å². The first-order valence-electron chi connectivity index (χ1n) is 6.70. The summed E-state index contributed by atoms with van der Waals surface area (Å²) in [5, 5.41) is 7.68. The minimum Gasteiger partial charge on any atom is -0.313 e. The third-order valence-corrected chi connectivity index (χ3v) is 2.99. The Kier molecular flexibility index (Phi) is 5.12. The minimum atomic E-state index is 0.923. The number of rotatable bonds is 7. The normalized spacial score (nSPS) is 11.1. The smallest absolute Gasteiger partial charge is 0.0645 e. The molecule has 1 aromatic carbocycles. The van der Waals surface area contributed by atoms with Crippen LogP contribution in [0.25, 0.3) is 5.69 Å². The summed E-state index contributed by atoms with van der Waals surface area (Å²) >= 11 is 0. The summed E-state index contributed by atoms with van der Waals surface area (Å²) in [5.41, 5.74) is 2.40. The summed E-state index contributed by atoms with van der Waals surface area (Å²) < 4.78 is 1.87. The fourth-order valence-electron chi connectivity index (χ4n) is 1.94. The van der Waals surface area contributed by atoms with E-state index in [2.05, 4.69) is 53.7 Å². The zero-order valence-corrected chi connectivity index (χ0v) is 11.7. The molecule has 0 radical (unpaired) electrons. The van der Waals surface area contributed by atoms with Crippen LogP contribution in [0.15, 0.2) is 42.7 Å². The highest BCUT2D eigenvalue weighted by molar-refractivity contribution is 5.33. The molecule has 0 aliphatic heterocycles. The molecule has 0 amide bonds. The summed E-state index contributed by atoms with van der Waals surface area (Å²) in [5.74, 6) is 0. The summed E-state index contributed by atoms with van der Waals surface area (Å²) in [6, 6.07) is 10.4. The number of hydrogen-bond acceptors (Lipinski definition) is 3. The van der Waals surface area contributed by atoms with E-state index in [4.69, 9.17) is 0 Å². The molecule has 4 heteroatoms. The minimum absolute atomic E-state index is 0.923. The fourth-order valence-corrected chi connectivity index (χ4v) is 1.94. The van der Waals surface area contributed by atoms with Gasteiger partial charge in [-0.1, -0.05) is 12.1 Å². The molecule has 1 N–H and O–H groups in total. The van der Waals surface area contributed by atoms with Gasteiger partial charge < -0.3 is 10.2 Å². The van der Waals surface area contributed by atoms with E-state index < -0.39 is 0 Å². The molecule has 4 nitrogen and oxygen atoms in total.